The van der Waals surface area contributed by atoms with Gasteiger partial charge in [0.25, 0.3) is 10.0 Å². The van der Waals surface area contributed by atoms with Crippen LogP contribution in [0.5, 0.6) is 0 Å². The van der Waals surface area contributed by atoms with Crippen molar-refractivity contribution >= 4 is 27.0 Å². The fraction of sp³-hybridized carbons (Fsp3) is 0.167. The van der Waals surface area contributed by atoms with Crippen LogP contribution in [0, 0.1) is 25.2 Å². The molecule has 104 valence electrons. The van der Waals surface area contributed by atoms with Crippen molar-refractivity contribution in [3.8, 4) is 6.07 Å². The summed E-state index contributed by atoms with van der Waals surface area (Å²) < 4.78 is 26.8. The number of hydrogen-bond donors (Lipinski definition) is 2. The molecule has 6 nitrogen and oxygen atoms in total. The zero-order chi connectivity index (χ0) is 14.9. The van der Waals surface area contributed by atoms with Gasteiger partial charge in [-0.05, 0) is 25.5 Å². The summed E-state index contributed by atoms with van der Waals surface area (Å²) in [5, 5.41) is 9.09. The smallest absolute Gasteiger partial charge is 0.306 e. The molecular weight excluding hydrogens is 298 g/mol. The predicted octanol–water partition coefficient (Wildman–Crippen LogP) is 1.73. The van der Waals surface area contributed by atoms with E-state index in [1.807, 2.05) is 6.07 Å². The summed E-state index contributed by atoms with van der Waals surface area (Å²) in [4.78, 5) is 13.2. The molecule has 8 heteroatoms. The van der Waals surface area contributed by atoms with Crippen molar-refractivity contribution in [2.24, 2.45) is 0 Å². The third kappa shape index (κ3) is 2.59. The van der Waals surface area contributed by atoms with Gasteiger partial charge in [0.05, 0.1) is 11.3 Å². The maximum absolute atomic E-state index is 12.2. The Morgan fingerprint density at radius 3 is 2.60 bits per heavy atom. The molecule has 0 aliphatic carbocycles. The van der Waals surface area contributed by atoms with Crippen LogP contribution >= 0.6 is 11.3 Å². The second-order valence-electron chi connectivity index (χ2n) is 4.14. The van der Waals surface area contributed by atoms with E-state index >= 15 is 0 Å². The molecule has 0 atom stereocenters. The lowest BCUT2D eigenvalue weighted by atomic mass is 10.1. The molecule has 1 aromatic carbocycles. The molecule has 2 rings (SSSR count). The number of nitrogens with one attached hydrogen (secondary N) is 2. The number of anilines is 1. The van der Waals surface area contributed by atoms with Gasteiger partial charge in [0.1, 0.15) is 6.07 Å². The van der Waals surface area contributed by atoms with E-state index < -0.39 is 14.9 Å². The summed E-state index contributed by atoms with van der Waals surface area (Å²) in [6.45, 7) is 3.23. The SMILES string of the molecule is Cc1cccc(NS(=O)(=O)c2sc(=O)[nH]c2C)c1C#N. The van der Waals surface area contributed by atoms with E-state index in [-0.39, 0.29) is 21.2 Å². The van der Waals surface area contributed by atoms with Crippen LogP contribution in [0.2, 0.25) is 0 Å². The summed E-state index contributed by atoms with van der Waals surface area (Å²) in [5.41, 5.74) is 1.41. The van der Waals surface area contributed by atoms with Crippen LogP contribution in [0.3, 0.4) is 0 Å². The third-order valence-electron chi connectivity index (χ3n) is 2.65. The maximum atomic E-state index is 12.2. The molecular formula is C12H11N3O3S2. The molecule has 0 saturated carbocycles. The number of rotatable bonds is 3. The molecule has 0 saturated heterocycles. The largest absolute Gasteiger partial charge is 0.315 e. The first-order chi connectivity index (χ1) is 9.35. The molecule has 0 spiro atoms. The summed E-state index contributed by atoms with van der Waals surface area (Å²) in [6, 6.07) is 6.84. The minimum absolute atomic E-state index is 0.0760. The second-order valence-corrected chi connectivity index (χ2v) is 7.00. The first-order valence-electron chi connectivity index (χ1n) is 5.57. The number of nitriles is 1. The molecule has 0 bridgehead atoms. The van der Waals surface area contributed by atoms with Crippen molar-refractivity contribution in [3.05, 3.63) is 44.7 Å². The van der Waals surface area contributed by atoms with Gasteiger partial charge < -0.3 is 4.98 Å². The highest BCUT2D eigenvalue weighted by Crippen LogP contribution is 2.24. The minimum atomic E-state index is -3.89. The maximum Gasteiger partial charge on any atom is 0.306 e. The summed E-state index contributed by atoms with van der Waals surface area (Å²) >= 11 is 0.614. The molecule has 20 heavy (non-hydrogen) atoms. The van der Waals surface area contributed by atoms with Crippen LogP contribution in [0.4, 0.5) is 5.69 Å². The summed E-state index contributed by atoms with van der Waals surface area (Å²) in [6.07, 6.45) is 0. The van der Waals surface area contributed by atoms with Gasteiger partial charge in [-0.25, -0.2) is 8.42 Å². The van der Waals surface area contributed by atoms with E-state index in [0.29, 0.717) is 16.9 Å². The normalized spacial score (nSPS) is 11.1. The molecule has 2 aromatic rings. The highest BCUT2D eigenvalue weighted by Gasteiger charge is 2.22. The third-order valence-corrected chi connectivity index (χ3v) is 5.62. The molecule has 0 radical (unpaired) electrons. The van der Waals surface area contributed by atoms with Gasteiger partial charge in [-0.15, -0.1) is 0 Å². The van der Waals surface area contributed by atoms with Crippen molar-refractivity contribution in [1.82, 2.24) is 4.98 Å². The predicted molar refractivity (Wildman–Crippen MR) is 76.4 cm³/mol. The van der Waals surface area contributed by atoms with Crippen molar-refractivity contribution in [2.45, 2.75) is 18.1 Å². The Morgan fingerprint density at radius 1 is 1.35 bits per heavy atom. The molecule has 0 aliphatic rings. The molecule has 0 unspecified atom stereocenters. The average molecular weight is 309 g/mol. The highest BCUT2D eigenvalue weighted by atomic mass is 32.2. The van der Waals surface area contributed by atoms with Crippen molar-refractivity contribution in [1.29, 1.82) is 5.26 Å². The van der Waals surface area contributed by atoms with Crippen molar-refractivity contribution < 1.29 is 8.42 Å². The molecule has 0 aliphatic heterocycles. The van der Waals surface area contributed by atoms with E-state index in [1.54, 1.807) is 19.1 Å². The number of hydrogen-bond acceptors (Lipinski definition) is 5. The number of sulfonamides is 1. The monoisotopic (exact) mass is 309 g/mol. The van der Waals surface area contributed by atoms with Crippen LogP contribution in [0.25, 0.3) is 0 Å². The fourth-order valence-electron chi connectivity index (χ4n) is 1.74. The van der Waals surface area contributed by atoms with E-state index in [4.69, 9.17) is 5.26 Å². The quantitative estimate of drug-likeness (QED) is 0.901. The molecule has 1 heterocycles. The number of benzene rings is 1. The number of nitrogens with zero attached hydrogens (tertiary/aromatic N) is 1. The van der Waals surface area contributed by atoms with Crippen LogP contribution in [-0.4, -0.2) is 13.4 Å². The number of aromatic amines is 1. The van der Waals surface area contributed by atoms with Crippen LogP contribution < -0.4 is 9.60 Å². The topological polar surface area (TPSA) is 103 Å². The zero-order valence-electron chi connectivity index (χ0n) is 10.7. The average Bonchev–Trinajstić information content (AvgIpc) is 2.69. The van der Waals surface area contributed by atoms with E-state index in [9.17, 15) is 13.2 Å². The second kappa shape index (κ2) is 5.11. The van der Waals surface area contributed by atoms with Crippen LogP contribution in [0.1, 0.15) is 16.8 Å². The van der Waals surface area contributed by atoms with Crippen molar-refractivity contribution in [2.75, 3.05) is 4.72 Å². The lowest BCUT2D eigenvalue weighted by Gasteiger charge is -2.09. The van der Waals surface area contributed by atoms with Gasteiger partial charge in [0.2, 0.25) is 0 Å². The highest BCUT2D eigenvalue weighted by molar-refractivity contribution is 7.94. The van der Waals surface area contributed by atoms with Crippen molar-refractivity contribution in [3.63, 3.8) is 0 Å². The fourth-order valence-corrected chi connectivity index (χ4v) is 4.11. The first-order valence-corrected chi connectivity index (χ1v) is 7.87. The van der Waals surface area contributed by atoms with Gasteiger partial charge in [-0.2, -0.15) is 5.26 Å². The summed E-state index contributed by atoms with van der Waals surface area (Å²) in [5.74, 6) is 0. The number of H-pyrrole nitrogens is 1. The molecule has 1 aromatic heterocycles. The Kier molecular flexibility index (Phi) is 3.65. The van der Waals surface area contributed by atoms with Gasteiger partial charge in [-0.3, -0.25) is 9.52 Å². The lowest BCUT2D eigenvalue weighted by molar-refractivity contribution is 0.602. The van der Waals surface area contributed by atoms with E-state index in [0.717, 1.165) is 0 Å². The van der Waals surface area contributed by atoms with E-state index in [1.165, 1.54) is 13.0 Å². The molecule has 2 N–H and O–H groups in total. The van der Waals surface area contributed by atoms with Crippen LogP contribution in [-0.2, 0) is 10.0 Å². The molecule has 0 fully saturated rings. The Hall–Kier alpha value is -2.11. The minimum Gasteiger partial charge on any atom is -0.315 e. The van der Waals surface area contributed by atoms with Crippen LogP contribution in [0.15, 0.2) is 27.2 Å². The number of thiazole rings is 1. The number of aromatic nitrogens is 1. The van der Waals surface area contributed by atoms with Gasteiger partial charge >= 0.3 is 4.87 Å². The standard InChI is InChI=1S/C12H11N3O3S2/c1-7-4-3-5-10(9(7)6-13)15-20(17,18)11-8(2)14-12(16)19-11/h3-5,15H,1-2H3,(H,14,16). The summed E-state index contributed by atoms with van der Waals surface area (Å²) in [7, 11) is -3.89. The van der Waals surface area contributed by atoms with Gasteiger partial charge in [0.15, 0.2) is 4.21 Å². The molecule has 0 amide bonds. The Bertz CT molecular complexity index is 857. The van der Waals surface area contributed by atoms with Gasteiger partial charge in [-0.1, -0.05) is 23.5 Å². The zero-order valence-corrected chi connectivity index (χ0v) is 12.4. The lowest BCUT2D eigenvalue weighted by Crippen LogP contribution is -2.14. The first kappa shape index (κ1) is 14.3. The van der Waals surface area contributed by atoms with E-state index in [2.05, 4.69) is 9.71 Å². The number of aryl methyl sites for hydroxylation is 2. The Labute approximate surface area is 119 Å². The van der Waals surface area contributed by atoms with Gasteiger partial charge in [0, 0.05) is 5.69 Å². The Morgan fingerprint density at radius 2 is 2.05 bits per heavy atom. The Balaban J connectivity index is 2.50.